The fraction of sp³-hybridized carbons (Fsp3) is 0.286. The number of anilines is 1. The molecule has 0 aliphatic rings. The van der Waals surface area contributed by atoms with E-state index in [4.69, 9.17) is 5.73 Å². The number of rotatable bonds is 4. The summed E-state index contributed by atoms with van der Waals surface area (Å²) in [6.07, 6.45) is 0. The summed E-state index contributed by atoms with van der Waals surface area (Å²) in [7, 11) is 2.11. The lowest BCUT2D eigenvalue weighted by Gasteiger charge is -2.23. The number of benzene rings is 1. The molecule has 2 rings (SSSR count). The Bertz CT molecular complexity index is 522. The van der Waals surface area contributed by atoms with Crippen LogP contribution in [0.15, 0.2) is 40.2 Å². The van der Waals surface area contributed by atoms with Gasteiger partial charge >= 0.3 is 0 Å². The van der Waals surface area contributed by atoms with Gasteiger partial charge in [0.2, 0.25) is 0 Å². The van der Waals surface area contributed by atoms with E-state index in [-0.39, 0.29) is 6.04 Å². The van der Waals surface area contributed by atoms with E-state index in [1.54, 1.807) is 11.3 Å². The number of nitrogens with zero attached hydrogens (tertiary/aromatic N) is 1. The van der Waals surface area contributed by atoms with Crippen molar-refractivity contribution in [3.8, 4) is 0 Å². The number of halogens is 1. The molecule has 1 heterocycles. The van der Waals surface area contributed by atoms with Crippen molar-refractivity contribution in [2.45, 2.75) is 19.5 Å². The zero-order valence-corrected chi connectivity index (χ0v) is 13.0. The molecule has 1 atom stereocenters. The highest BCUT2D eigenvalue weighted by molar-refractivity contribution is 9.10. The lowest BCUT2D eigenvalue weighted by molar-refractivity contribution is 0.803. The summed E-state index contributed by atoms with van der Waals surface area (Å²) in [6.45, 7) is 2.93. The molecule has 0 aliphatic carbocycles. The van der Waals surface area contributed by atoms with Gasteiger partial charge in [-0.2, -0.15) is 0 Å². The first-order valence-corrected chi connectivity index (χ1v) is 7.53. The minimum absolute atomic E-state index is 0.0544. The van der Waals surface area contributed by atoms with E-state index in [0.29, 0.717) is 0 Å². The van der Waals surface area contributed by atoms with Crippen LogP contribution in [-0.4, -0.2) is 7.05 Å². The minimum atomic E-state index is 0.0544. The lowest BCUT2D eigenvalue weighted by atomic mass is 10.1. The summed E-state index contributed by atoms with van der Waals surface area (Å²) in [5, 5.41) is 2.11. The van der Waals surface area contributed by atoms with E-state index in [1.165, 1.54) is 16.1 Å². The Labute approximate surface area is 121 Å². The van der Waals surface area contributed by atoms with Crippen molar-refractivity contribution in [3.05, 3.63) is 50.6 Å². The highest BCUT2D eigenvalue weighted by Gasteiger charge is 2.11. The van der Waals surface area contributed by atoms with Crippen molar-refractivity contribution < 1.29 is 0 Å². The number of nitrogens with two attached hydrogens (primary N) is 1. The molecule has 0 fully saturated rings. The maximum atomic E-state index is 6.02. The molecule has 0 saturated heterocycles. The molecule has 0 saturated carbocycles. The van der Waals surface area contributed by atoms with Crippen molar-refractivity contribution in [2.75, 3.05) is 11.9 Å². The standard InChI is InChI=1S/C14H17BrN2S/c1-10(16)13-5-3-4-6-14(13)17(2)8-12-7-11(15)9-18-12/h3-7,9-10H,8,16H2,1-2H3. The summed E-state index contributed by atoms with van der Waals surface area (Å²) >= 11 is 5.25. The highest BCUT2D eigenvalue weighted by Crippen LogP contribution is 2.27. The lowest BCUT2D eigenvalue weighted by Crippen LogP contribution is -2.19. The normalized spacial score (nSPS) is 12.4. The molecular weight excluding hydrogens is 308 g/mol. The molecule has 96 valence electrons. The van der Waals surface area contributed by atoms with Gasteiger partial charge in [0.05, 0.1) is 6.54 Å². The maximum Gasteiger partial charge on any atom is 0.0520 e. The van der Waals surface area contributed by atoms with Crippen LogP contribution in [0.2, 0.25) is 0 Å². The van der Waals surface area contributed by atoms with E-state index in [9.17, 15) is 0 Å². The van der Waals surface area contributed by atoms with Crippen LogP contribution in [0.5, 0.6) is 0 Å². The Morgan fingerprint density at radius 3 is 2.72 bits per heavy atom. The average Bonchev–Trinajstić information content (AvgIpc) is 2.74. The van der Waals surface area contributed by atoms with Crippen LogP contribution in [0.4, 0.5) is 5.69 Å². The van der Waals surface area contributed by atoms with Crippen LogP contribution in [0.1, 0.15) is 23.4 Å². The molecule has 18 heavy (non-hydrogen) atoms. The molecule has 1 unspecified atom stereocenters. The van der Waals surface area contributed by atoms with Gasteiger partial charge in [0.15, 0.2) is 0 Å². The summed E-state index contributed by atoms with van der Waals surface area (Å²) < 4.78 is 1.15. The molecular formula is C14H17BrN2S. The Balaban J connectivity index is 2.20. The Kier molecular flexibility index (Phi) is 4.43. The van der Waals surface area contributed by atoms with Gasteiger partial charge in [-0.15, -0.1) is 11.3 Å². The number of para-hydroxylation sites is 1. The third-order valence-corrected chi connectivity index (χ3v) is 4.54. The number of hydrogen-bond acceptors (Lipinski definition) is 3. The predicted molar refractivity (Wildman–Crippen MR) is 83.2 cm³/mol. The van der Waals surface area contributed by atoms with Crippen LogP contribution in [0.3, 0.4) is 0 Å². The summed E-state index contributed by atoms with van der Waals surface area (Å²) in [5.41, 5.74) is 8.41. The molecule has 0 amide bonds. The van der Waals surface area contributed by atoms with Gasteiger partial charge in [-0.3, -0.25) is 0 Å². The van der Waals surface area contributed by atoms with Crippen molar-refractivity contribution in [3.63, 3.8) is 0 Å². The predicted octanol–water partition coefficient (Wildman–Crippen LogP) is 4.17. The fourth-order valence-corrected chi connectivity index (χ4v) is 3.48. The van der Waals surface area contributed by atoms with Crippen molar-refractivity contribution in [1.82, 2.24) is 0 Å². The van der Waals surface area contributed by atoms with E-state index in [0.717, 1.165) is 11.0 Å². The first-order chi connectivity index (χ1) is 8.58. The van der Waals surface area contributed by atoms with E-state index in [1.807, 2.05) is 13.0 Å². The molecule has 1 aromatic heterocycles. The second kappa shape index (κ2) is 5.87. The van der Waals surface area contributed by atoms with Crippen LogP contribution in [-0.2, 0) is 6.54 Å². The molecule has 2 N–H and O–H groups in total. The molecule has 2 nitrogen and oxygen atoms in total. The fourth-order valence-electron chi connectivity index (χ4n) is 1.98. The van der Waals surface area contributed by atoms with Crippen LogP contribution in [0.25, 0.3) is 0 Å². The molecule has 0 radical (unpaired) electrons. The largest absolute Gasteiger partial charge is 0.369 e. The summed E-state index contributed by atoms with van der Waals surface area (Å²) in [5.74, 6) is 0. The molecule has 0 bridgehead atoms. The molecule has 2 aromatic rings. The molecule has 4 heteroatoms. The Morgan fingerprint density at radius 2 is 2.11 bits per heavy atom. The SMILES string of the molecule is CC(N)c1ccccc1N(C)Cc1cc(Br)cs1. The van der Waals surface area contributed by atoms with Crippen molar-refractivity contribution >= 4 is 33.0 Å². The van der Waals surface area contributed by atoms with Crippen LogP contribution < -0.4 is 10.6 Å². The van der Waals surface area contributed by atoms with E-state index < -0.39 is 0 Å². The highest BCUT2D eigenvalue weighted by atomic mass is 79.9. The molecule has 0 spiro atoms. The first kappa shape index (κ1) is 13.6. The van der Waals surface area contributed by atoms with Gasteiger partial charge in [-0.1, -0.05) is 18.2 Å². The van der Waals surface area contributed by atoms with Gasteiger partial charge < -0.3 is 10.6 Å². The van der Waals surface area contributed by atoms with Crippen LogP contribution in [0, 0.1) is 0 Å². The van der Waals surface area contributed by atoms with Gasteiger partial charge in [0, 0.05) is 33.5 Å². The smallest absolute Gasteiger partial charge is 0.0520 e. The van der Waals surface area contributed by atoms with Crippen molar-refractivity contribution in [2.24, 2.45) is 5.73 Å². The third kappa shape index (κ3) is 3.13. The zero-order chi connectivity index (χ0) is 13.1. The summed E-state index contributed by atoms with van der Waals surface area (Å²) in [4.78, 5) is 3.58. The van der Waals surface area contributed by atoms with Gasteiger partial charge in [0.25, 0.3) is 0 Å². The Hall–Kier alpha value is -0.840. The van der Waals surface area contributed by atoms with E-state index >= 15 is 0 Å². The topological polar surface area (TPSA) is 29.3 Å². The average molecular weight is 325 g/mol. The van der Waals surface area contributed by atoms with Gasteiger partial charge in [0.1, 0.15) is 0 Å². The first-order valence-electron chi connectivity index (χ1n) is 5.86. The minimum Gasteiger partial charge on any atom is -0.369 e. The van der Waals surface area contributed by atoms with Gasteiger partial charge in [-0.25, -0.2) is 0 Å². The maximum absolute atomic E-state index is 6.02. The van der Waals surface area contributed by atoms with Crippen LogP contribution >= 0.6 is 27.3 Å². The monoisotopic (exact) mass is 324 g/mol. The zero-order valence-electron chi connectivity index (χ0n) is 10.6. The quantitative estimate of drug-likeness (QED) is 0.914. The van der Waals surface area contributed by atoms with Gasteiger partial charge in [-0.05, 0) is 40.5 Å². The summed E-state index contributed by atoms with van der Waals surface area (Å²) in [6, 6.07) is 10.5. The van der Waals surface area contributed by atoms with Crippen molar-refractivity contribution in [1.29, 1.82) is 0 Å². The number of hydrogen-bond donors (Lipinski definition) is 1. The second-order valence-corrected chi connectivity index (χ2v) is 6.35. The number of thiophene rings is 1. The second-order valence-electron chi connectivity index (χ2n) is 4.43. The third-order valence-electron chi connectivity index (χ3n) is 2.85. The molecule has 0 aliphatic heterocycles. The Morgan fingerprint density at radius 1 is 1.39 bits per heavy atom. The molecule has 1 aromatic carbocycles. The van der Waals surface area contributed by atoms with E-state index in [2.05, 4.69) is 57.5 Å².